The molecule has 1 fully saturated rings. The molecule has 4 heteroatoms. The fourth-order valence-electron chi connectivity index (χ4n) is 2.76. The van der Waals surface area contributed by atoms with Gasteiger partial charge in [0, 0.05) is 19.0 Å². The van der Waals surface area contributed by atoms with E-state index >= 15 is 0 Å². The van der Waals surface area contributed by atoms with Crippen LogP contribution in [0.2, 0.25) is 0 Å². The third-order valence-electron chi connectivity index (χ3n) is 4.38. The Bertz CT molecular complexity index is 460. The van der Waals surface area contributed by atoms with Gasteiger partial charge in [-0.3, -0.25) is 9.78 Å². The number of likely N-dealkylation sites (tertiary alicyclic amines) is 1. The molecule has 1 saturated heterocycles. The van der Waals surface area contributed by atoms with Crippen molar-refractivity contribution in [1.29, 1.82) is 0 Å². The maximum atomic E-state index is 12.8. The summed E-state index contributed by atoms with van der Waals surface area (Å²) in [5.41, 5.74) is 0.359. The first-order valence-electron chi connectivity index (χ1n) is 7.35. The zero-order valence-electron chi connectivity index (χ0n) is 12.5. The summed E-state index contributed by atoms with van der Waals surface area (Å²) in [5.74, 6) is 0.920. The molecule has 0 bridgehead atoms. The highest BCUT2D eigenvalue weighted by Gasteiger charge is 2.26. The highest BCUT2D eigenvalue weighted by Crippen LogP contribution is 2.23. The highest BCUT2D eigenvalue weighted by atomic mass is 19.1. The van der Waals surface area contributed by atoms with E-state index in [0.717, 1.165) is 31.7 Å². The lowest BCUT2D eigenvalue weighted by Crippen LogP contribution is -2.41. The van der Waals surface area contributed by atoms with Gasteiger partial charge < -0.3 is 4.90 Å². The van der Waals surface area contributed by atoms with Crippen molar-refractivity contribution in [3.8, 4) is 0 Å². The first kappa shape index (κ1) is 15.1. The first-order chi connectivity index (χ1) is 9.47. The van der Waals surface area contributed by atoms with Gasteiger partial charge in [0.15, 0.2) is 5.78 Å². The fourth-order valence-corrected chi connectivity index (χ4v) is 2.76. The summed E-state index contributed by atoms with van der Waals surface area (Å²) >= 11 is 0. The lowest BCUT2D eigenvalue weighted by atomic mass is 9.88. The van der Waals surface area contributed by atoms with Crippen LogP contribution in [-0.2, 0) is 0 Å². The zero-order chi connectivity index (χ0) is 14.7. The second-order valence-corrected chi connectivity index (χ2v) is 6.13. The van der Waals surface area contributed by atoms with E-state index in [1.54, 1.807) is 0 Å². The van der Waals surface area contributed by atoms with Gasteiger partial charge in [-0.15, -0.1) is 0 Å². The molecule has 1 aromatic heterocycles. The average molecular weight is 278 g/mol. The average Bonchev–Trinajstić information content (AvgIpc) is 2.43. The number of piperidine rings is 1. The van der Waals surface area contributed by atoms with Crippen molar-refractivity contribution in [1.82, 2.24) is 9.88 Å². The molecule has 2 heterocycles. The highest BCUT2D eigenvalue weighted by molar-refractivity contribution is 5.95. The summed E-state index contributed by atoms with van der Waals surface area (Å²) in [7, 11) is 0. The van der Waals surface area contributed by atoms with E-state index in [1.165, 1.54) is 18.6 Å². The molecule has 0 radical (unpaired) electrons. The van der Waals surface area contributed by atoms with Crippen LogP contribution in [0.1, 0.15) is 37.7 Å². The molecule has 0 spiro atoms. The molecular formula is C16H23FN2O. The number of nitrogens with zero attached hydrogens (tertiary/aromatic N) is 2. The summed E-state index contributed by atoms with van der Waals surface area (Å²) in [5, 5.41) is 0. The number of halogens is 1. The van der Waals surface area contributed by atoms with Gasteiger partial charge in [0.25, 0.3) is 0 Å². The Labute approximate surface area is 120 Å². The molecule has 0 amide bonds. The normalized spacial score (nSPS) is 25.4. The molecular weight excluding hydrogens is 255 g/mol. The van der Waals surface area contributed by atoms with Crippen LogP contribution in [0.3, 0.4) is 0 Å². The third-order valence-corrected chi connectivity index (χ3v) is 4.38. The molecule has 0 N–H and O–H groups in total. The number of rotatable bonds is 4. The van der Waals surface area contributed by atoms with Crippen LogP contribution in [0.15, 0.2) is 18.3 Å². The molecule has 1 aliphatic heterocycles. The predicted octanol–water partition coefficient (Wildman–Crippen LogP) is 3.02. The Morgan fingerprint density at radius 1 is 1.45 bits per heavy atom. The number of ketones is 1. The Hall–Kier alpha value is -1.29. The number of pyridine rings is 1. The van der Waals surface area contributed by atoms with Crippen molar-refractivity contribution in [3.63, 3.8) is 0 Å². The maximum Gasteiger partial charge on any atom is 0.185 e. The fraction of sp³-hybridized carbons (Fsp3) is 0.625. The van der Waals surface area contributed by atoms with E-state index in [2.05, 4.69) is 23.7 Å². The van der Waals surface area contributed by atoms with Crippen LogP contribution in [0.4, 0.5) is 4.39 Å². The molecule has 3 nitrogen and oxygen atoms in total. The van der Waals surface area contributed by atoms with Crippen molar-refractivity contribution in [2.45, 2.75) is 27.2 Å². The van der Waals surface area contributed by atoms with Gasteiger partial charge in [-0.25, -0.2) is 4.39 Å². The minimum absolute atomic E-state index is 0.00345. The monoisotopic (exact) mass is 278 g/mol. The summed E-state index contributed by atoms with van der Waals surface area (Å²) in [6.07, 6.45) is 2.29. The molecule has 1 aromatic rings. The standard InChI is InChI=1S/C16H23FN2O/c1-11-6-7-19(9-12(11)2)10-13(3)16(20)15-5-4-14(17)8-18-15/h4-5,8,11-13H,6-7,9-10H2,1-3H3. The summed E-state index contributed by atoms with van der Waals surface area (Å²) in [4.78, 5) is 18.5. The number of hydrogen-bond donors (Lipinski definition) is 0. The van der Waals surface area contributed by atoms with E-state index in [9.17, 15) is 9.18 Å². The lowest BCUT2D eigenvalue weighted by Gasteiger charge is -2.36. The largest absolute Gasteiger partial charge is 0.302 e. The smallest absolute Gasteiger partial charge is 0.185 e. The minimum atomic E-state index is -0.409. The molecule has 0 aliphatic carbocycles. The number of carbonyl (C=O) groups excluding carboxylic acids is 1. The molecule has 3 atom stereocenters. The van der Waals surface area contributed by atoms with E-state index in [0.29, 0.717) is 11.6 Å². The second-order valence-electron chi connectivity index (χ2n) is 6.13. The number of hydrogen-bond acceptors (Lipinski definition) is 3. The van der Waals surface area contributed by atoms with E-state index in [-0.39, 0.29) is 11.7 Å². The number of Topliss-reactive ketones (excluding diaryl/α,β-unsaturated/α-hetero) is 1. The van der Waals surface area contributed by atoms with Crippen LogP contribution in [0, 0.1) is 23.6 Å². The minimum Gasteiger partial charge on any atom is -0.302 e. The molecule has 1 aliphatic rings. The topological polar surface area (TPSA) is 33.2 Å². The summed E-state index contributed by atoms with van der Waals surface area (Å²) in [6, 6.07) is 2.76. The van der Waals surface area contributed by atoms with Gasteiger partial charge in [-0.1, -0.05) is 20.8 Å². The number of carbonyl (C=O) groups is 1. The molecule has 20 heavy (non-hydrogen) atoms. The quantitative estimate of drug-likeness (QED) is 0.794. The Morgan fingerprint density at radius 2 is 2.20 bits per heavy atom. The van der Waals surface area contributed by atoms with Crippen LogP contribution in [0.5, 0.6) is 0 Å². The summed E-state index contributed by atoms with van der Waals surface area (Å²) in [6.45, 7) is 9.35. The van der Waals surface area contributed by atoms with Gasteiger partial charge in [-0.2, -0.15) is 0 Å². The molecule has 3 unspecified atom stereocenters. The Kier molecular flexibility index (Phi) is 4.86. The van der Waals surface area contributed by atoms with Gasteiger partial charge >= 0.3 is 0 Å². The van der Waals surface area contributed by atoms with Crippen LogP contribution < -0.4 is 0 Å². The van der Waals surface area contributed by atoms with Gasteiger partial charge in [0.05, 0.1) is 6.20 Å². The number of aromatic nitrogens is 1. The van der Waals surface area contributed by atoms with Crippen molar-refractivity contribution >= 4 is 5.78 Å². The van der Waals surface area contributed by atoms with E-state index in [4.69, 9.17) is 0 Å². The first-order valence-corrected chi connectivity index (χ1v) is 7.35. The van der Waals surface area contributed by atoms with E-state index < -0.39 is 5.82 Å². The molecule has 2 rings (SSSR count). The van der Waals surface area contributed by atoms with Gasteiger partial charge in [0.2, 0.25) is 0 Å². The second kappa shape index (κ2) is 6.44. The van der Waals surface area contributed by atoms with Crippen LogP contribution in [-0.4, -0.2) is 35.3 Å². The Morgan fingerprint density at radius 3 is 2.80 bits per heavy atom. The molecule has 110 valence electrons. The molecule has 0 saturated carbocycles. The van der Waals surface area contributed by atoms with Crippen molar-refractivity contribution in [2.75, 3.05) is 19.6 Å². The molecule has 0 aromatic carbocycles. The van der Waals surface area contributed by atoms with Gasteiger partial charge in [0.1, 0.15) is 11.5 Å². The SMILES string of the molecule is CC(CN1CCC(C)C(C)C1)C(=O)c1ccc(F)cn1. The van der Waals surface area contributed by atoms with Gasteiger partial charge in [-0.05, 0) is 36.9 Å². The lowest BCUT2D eigenvalue weighted by molar-refractivity contribution is 0.0825. The van der Waals surface area contributed by atoms with E-state index in [1.807, 2.05) is 6.92 Å². The van der Waals surface area contributed by atoms with Crippen LogP contribution in [0.25, 0.3) is 0 Å². The van der Waals surface area contributed by atoms with Crippen molar-refractivity contribution in [3.05, 3.63) is 29.8 Å². The maximum absolute atomic E-state index is 12.8. The Balaban J connectivity index is 1.93. The van der Waals surface area contributed by atoms with Crippen LogP contribution >= 0.6 is 0 Å². The van der Waals surface area contributed by atoms with Crippen molar-refractivity contribution in [2.24, 2.45) is 17.8 Å². The predicted molar refractivity (Wildman–Crippen MR) is 77.1 cm³/mol. The third kappa shape index (κ3) is 3.63. The van der Waals surface area contributed by atoms with Crippen molar-refractivity contribution < 1.29 is 9.18 Å². The zero-order valence-corrected chi connectivity index (χ0v) is 12.5. The summed E-state index contributed by atoms with van der Waals surface area (Å²) < 4.78 is 12.8.